The van der Waals surface area contributed by atoms with Crippen LogP contribution in [0.15, 0.2) is 97.1 Å². The van der Waals surface area contributed by atoms with E-state index >= 15 is 0 Å². The van der Waals surface area contributed by atoms with Gasteiger partial charge in [0.2, 0.25) is 0 Å². The molecule has 4 aromatic carbocycles. The van der Waals surface area contributed by atoms with Gasteiger partial charge < -0.3 is 9.47 Å². The molecule has 0 amide bonds. The molecule has 6 heteroatoms. The Morgan fingerprint density at radius 3 is 1.26 bits per heavy atom. The van der Waals surface area contributed by atoms with E-state index in [0.717, 1.165) is 56.9 Å². The Morgan fingerprint density at radius 1 is 0.500 bits per heavy atom. The van der Waals surface area contributed by atoms with Gasteiger partial charge >= 0.3 is 0 Å². The summed E-state index contributed by atoms with van der Waals surface area (Å²) in [6.07, 6.45) is 0. The predicted molar refractivity (Wildman–Crippen MR) is 136 cm³/mol. The third-order valence-corrected chi connectivity index (χ3v) is 5.98. The topological polar surface area (TPSA) is 50.7 Å². The van der Waals surface area contributed by atoms with Crippen LogP contribution in [-0.4, -0.2) is 24.2 Å². The Balaban J connectivity index is 1.63. The van der Waals surface area contributed by atoms with Crippen LogP contribution in [0.1, 0.15) is 0 Å². The molecule has 1 aliphatic rings. The van der Waals surface area contributed by atoms with Crippen LogP contribution in [0, 0.1) is 0 Å². The lowest BCUT2D eigenvalue weighted by atomic mass is 10.1. The number of methoxy groups -OCH3 is 2. The molecule has 166 valence electrons. The first kappa shape index (κ1) is 20.1. The second kappa shape index (κ2) is 8.08. The van der Waals surface area contributed by atoms with Crippen LogP contribution in [0.25, 0.3) is 11.0 Å². The lowest BCUT2D eigenvalue weighted by Crippen LogP contribution is -2.26. The molecule has 1 aromatic heterocycles. The van der Waals surface area contributed by atoms with E-state index in [4.69, 9.17) is 19.4 Å². The molecular weight excluding hydrogens is 424 g/mol. The van der Waals surface area contributed by atoms with E-state index in [-0.39, 0.29) is 0 Å². The zero-order chi connectivity index (χ0) is 23.1. The molecule has 5 aromatic rings. The van der Waals surface area contributed by atoms with Gasteiger partial charge in [0.15, 0.2) is 11.6 Å². The second-order valence-electron chi connectivity index (χ2n) is 7.92. The van der Waals surface area contributed by atoms with Gasteiger partial charge in [0.05, 0.1) is 36.6 Å². The minimum atomic E-state index is 0.762. The maximum Gasteiger partial charge on any atom is 0.182 e. The van der Waals surface area contributed by atoms with Gasteiger partial charge in [0.25, 0.3) is 0 Å². The van der Waals surface area contributed by atoms with Crippen molar-refractivity contribution in [2.24, 2.45) is 0 Å². The maximum absolute atomic E-state index is 5.38. The van der Waals surface area contributed by atoms with E-state index in [9.17, 15) is 0 Å². The highest BCUT2D eigenvalue weighted by Crippen LogP contribution is 2.52. The number of fused-ring (bicyclic) bond motifs is 3. The van der Waals surface area contributed by atoms with Gasteiger partial charge in [-0.25, -0.2) is 9.97 Å². The number of hydrogen-bond acceptors (Lipinski definition) is 6. The van der Waals surface area contributed by atoms with Crippen molar-refractivity contribution in [1.29, 1.82) is 0 Å². The highest BCUT2D eigenvalue weighted by Gasteiger charge is 2.33. The normalized spacial score (nSPS) is 12.3. The summed E-state index contributed by atoms with van der Waals surface area (Å²) >= 11 is 0. The molecule has 0 N–H and O–H groups in total. The highest BCUT2D eigenvalue weighted by molar-refractivity contribution is 6.00. The van der Waals surface area contributed by atoms with Crippen molar-refractivity contribution in [2.75, 3.05) is 24.0 Å². The van der Waals surface area contributed by atoms with Gasteiger partial charge in [-0.05, 0) is 72.8 Å². The number of hydrogen-bond donors (Lipinski definition) is 0. The van der Waals surface area contributed by atoms with Crippen LogP contribution < -0.4 is 19.3 Å². The lowest BCUT2D eigenvalue weighted by Gasteiger charge is -2.38. The average Bonchev–Trinajstić information content (AvgIpc) is 2.91. The van der Waals surface area contributed by atoms with Crippen molar-refractivity contribution < 1.29 is 9.47 Å². The third kappa shape index (κ3) is 3.19. The fraction of sp³-hybridized carbons (Fsp3) is 0.0714. The zero-order valence-corrected chi connectivity index (χ0v) is 18.8. The molecule has 0 saturated carbocycles. The SMILES string of the molecule is COc1ccc(N2c3ccccc3N(c3ccc(OC)cc3)c3nc4ccccc4nc32)cc1. The smallest absolute Gasteiger partial charge is 0.182 e. The van der Waals surface area contributed by atoms with E-state index in [1.807, 2.05) is 84.9 Å². The molecule has 1 aliphatic heterocycles. The Hall–Kier alpha value is -4.58. The van der Waals surface area contributed by atoms with Gasteiger partial charge in [0.1, 0.15) is 11.5 Å². The van der Waals surface area contributed by atoms with E-state index in [0.29, 0.717) is 0 Å². The van der Waals surface area contributed by atoms with Crippen LogP contribution in [-0.2, 0) is 0 Å². The Morgan fingerprint density at radius 2 is 0.882 bits per heavy atom. The summed E-state index contributed by atoms with van der Waals surface area (Å²) in [5, 5.41) is 0. The molecule has 0 radical (unpaired) electrons. The monoisotopic (exact) mass is 446 g/mol. The van der Waals surface area contributed by atoms with Crippen molar-refractivity contribution in [1.82, 2.24) is 9.97 Å². The lowest BCUT2D eigenvalue weighted by molar-refractivity contribution is 0.414. The predicted octanol–water partition coefficient (Wildman–Crippen LogP) is 6.90. The number of rotatable bonds is 4. The van der Waals surface area contributed by atoms with Crippen LogP contribution in [0.4, 0.5) is 34.4 Å². The summed E-state index contributed by atoms with van der Waals surface area (Å²) in [5.74, 6) is 3.13. The van der Waals surface area contributed by atoms with Crippen molar-refractivity contribution in [3.8, 4) is 11.5 Å². The van der Waals surface area contributed by atoms with Gasteiger partial charge in [-0.2, -0.15) is 0 Å². The quantitative estimate of drug-likeness (QED) is 0.294. The molecule has 0 bridgehead atoms. The largest absolute Gasteiger partial charge is 0.497 e. The summed E-state index contributed by atoms with van der Waals surface area (Å²) < 4.78 is 10.8. The second-order valence-corrected chi connectivity index (χ2v) is 7.92. The molecule has 0 spiro atoms. The highest BCUT2D eigenvalue weighted by atomic mass is 16.5. The van der Waals surface area contributed by atoms with E-state index in [2.05, 4.69) is 21.9 Å². The van der Waals surface area contributed by atoms with Crippen LogP contribution in [0.3, 0.4) is 0 Å². The number of benzene rings is 4. The molecule has 6 rings (SSSR count). The van der Waals surface area contributed by atoms with Crippen LogP contribution in [0.2, 0.25) is 0 Å². The molecule has 0 atom stereocenters. The zero-order valence-electron chi connectivity index (χ0n) is 18.8. The molecule has 34 heavy (non-hydrogen) atoms. The van der Waals surface area contributed by atoms with Gasteiger partial charge in [-0.1, -0.05) is 24.3 Å². The van der Waals surface area contributed by atoms with Gasteiger partial charge in [0, 0.05) is 11.4 Å². The van der Waals surface area contributed by atoms with Crippen LogP contribution in [0.5, 0.6) is 11.5 Å². The van der Waals surface area contributed by atoms with Gasteiger partial charge in [-0.15, -0.1) is 0 Å². The number of para-hydroxylation sites is 4. The number of ether oxygens (including phenoxy) is 2. The molecular formula is C28H22N4O2. The summed E-state index contributed by atoms with van der Waals surface area (Å²) in [6.45, 7) is 0. The number of aromatic nitrogens is 2. The van der Waals surface area contributed by atoms with E-state index < -0.39 is 0 Å². The average molecular weight is 447 g/mol. The summed E-state index contributed by atoms with van der Waals surface area (Å²) in [6, 6.07) is 32.3. The molecule has 2 heterocycles. The molecule has 0 aliphatic carbocycles. The fourth-order valence-electron chi connectivity index (χ4n) is 4.34. The van der Waals surface area contributed by atoms with E-state index in [1.54, 1.807) is 14.2 Å². The maximum atomic E-state index is 5.38. The van der Waals surface area contributed by atoms with Gasteiger partial charge in [-0.3, -0.25) is 9.80 Å². The standard InChI is InChI=1S/C28H22N4O2/c1-33-21-15-11-19(12-16-21)31-25-9-5-6-10-26(25)32(20-13-17-22(34-2)18-14-20)28-27(31)29-23-7-3-4-8-24(23)30-28/h3-18H,1-2H3. The first-order valence-corrected chi connectivity index (χ1v) is 11.0. The van der Waals surface area contributed by atoms with Crippen molar-refractivity contribution in [3.63, 3.8) is 0 Å². The number of nitrogens with zero attached hydrogens (tertiary/aromatic N) is 4. The minimum absolute atomic E-state index is 0.762. The summed E-state index contributed by atoms with van der Waals surface area (Å²) in [5.41, 5.74) is 5.67. The molecule has 0 fully saturated rings. The first-order valence-electron chi connectivity index (χ1n) is 11.0. The Labute approximate surface area is 197 Å². The Kier molecular flexibility index (Phi) is 4.77. The van der Waals surface area contributed by atoms with Crippen LogP contribution >= 0.6 is 0 Å². The molecule has 0 saturated heterocycles. The van der Waals surface area contributed by atoms with Crippen molar-refractivity contribution in [3.05, 3.63) is 97.1 Å². The number of anilines is 6. The van der Waals surface area contributed by atoms with E-state index in [1.165, 1.54) is 0 Å². The summed E-state index contributed by atoms with van der Waals surface area (Å²) in [4.78, 5) is 14.5. The molecule has 0 unspecified atom stereocenters. The van der Waals surface area contributed by atoms with Crippen molar-refractivity contribution in [2.45, 2.75) is 0 Å². The minimum Gasteiger partial charge on any atom is -0.497 e. The van der Waals surface area contributed by atoms with Crippen molar-refractivity contribution >= 4 is 45.4 Å². The third-order valence-electron chi connectivity index (χ3n) is 5.98. The molecule has 6 nitrogen and oxygen atoms in total. The summed E-state index contributed by atoms with van der Waals surface area (Å²) in [7, 11) is 3.34. The fourth-order valence-corrected chi connectivity index (χ4v) is 4.34. The Bertz CT molecular complexity index is 1370. The first-order chi connectivity index (χ1) is 16.8.